The average molecular weight is 272 g/mol. The maximum Gasteiger partial charge on any atom is 0.254 e. The zero-order chi connectivity index (χ0) is 13.8. The number of amides is 1. The third-order valence-corrected chi connectivity index (χ3v) is 3.23. The number of rotatable bonds is 5. The van der Waals surface area contributed by atoms with Gasteiger partial charge in [0.1, 0.15) is 5.82 Å². The Hall–Kier alpha value is -1.27. The Balaban J connectivity index is 2.69. The highest BCUT2D eigenvalue weighted by molar-refractivity contribution is 7.98. The van der Waals surface area contributed by atoms with Gasteiger partial charge in [-0.15, -0.1) is 0 Å². The summed E-state index contributed by atoms with van der Waals surface area (Å²) in [5.74, 6) is -0.737. The summed E-state index contributed by atoms with van der Waals surface area (Å²) < 4.78 is 13.4. The van der Waals surface area contributed by atoms with E-state index in [1.54, 1.807) is 6.92 Å². The predicted molar refractivity (Wildman–Crippen MR) is 72.2 cm³/mol. The molecule has 0 radical (unpaired) electrons. The van der Waals surface area contributed by atoms with Crippen LogP contribution in [-0.4, -0.2) is 35.2 Å². The quantitative estimate of drug-likeness (QED) is 0.705. The highest BCUT2D eigenvalue weighted by Gasteiger charge is 2.21. The van der Waals surface area contributed by atoms with E-state index < -0.39 is 17.3 Å². The molecule has 6 heteroatoms. The first-order valence-electron chi connectivity index (χ1n) is 5.40. The van der Waals surface area contributed by atoms with Gasteiger partial charge in [0, 0.05) is 18.0 Å². The zero-order valence-corrected chi connectivity index (χ0v) is 11.2. The van der Waals surface area contributed by atoms with E-state index in [-0.39, 0.29) is 12.1 Å². The van der Waals surface area contributed by atoms with Crippen molar-refractivity contribution < 1.29 is 14.3 Å². The minimum Gasteiger partial charge on any atom is -0.399 e. The predicted octanol–water partition coefficient (Wildman–Crippen LogP) is 1.25. The third-order valence-electron chi connectivity index (χ3n) is 2.32. The molecule has 1 aromatic carbocycles. The summed E-state index contributed by atoms with van der Waals surface area (Å²) in [5.41, 5.74) is 4.67. The largest absolute Gasteiger partial charge is 0.399 e. The van der Waals surface area contributed by atoms with Crippen molar-refractivity contribution in [2.24, 2.45) is 0 Å². The molecule has 0 saturated carbocycles. The van der Waals surface area contributed by atoms with E-state index in [1.165, 1.54) is 23.9 Å². The van der Waals surface area contributed by atoms with Crippen molar-refractivity contribution in [1.82, 2.24) is 5.32 Å². The lowest BCUT2D eigenvalue weighted by molar-refractivity contribution is 0.0722. The van der Waals surface area contributed by atoms with Gasteiger partial charge in [0.2, 0.25) is 0 Å². The van der Waals surface area contributed by atoms with Crippen molar-refractivity contribution in [1.29, 1.82) is 0 Å². The molecule has 1 rings (SSSR count). The van der Waals surface area contributed by atoms with Crippen LogP contribution in [0.4, 0.5) is 10.1 Å². The summed E-state index contributed by atoms with van der Waals surface area (Å²) >= 11 is 1.47. The van der Waals surface area contributed by atoms with Crippen LogP contribution in [0.5, 0.6) is 0 Å². The number of hydrogen-bond acceptors (Lipinski definition) is 4. The molecule has 0 spiro atoms. The molecule has 0 bridgehead atoms. The van der Waals surface area contributed by atoms with Crippen LogP contribution in [0.25, 0.3) is 0 Å². The van der Waals surface area contributed by atoms with Crippen LogP contribution in [0, 0.1) is 5.82 Å². The molecule has 1 unspecified atom stereocenters. The van der Waals surface area contributed by atoms with Crippen LogP contribution < -0.4 is 11.1 Å². The summed E-state index contributed by atoms with van der Waals surface area (Å²) in [6, 6.07) is 3.80. The number of halogens is 1. The number of nitrogens with one attached hydrogen (secondary N) is 1. The van der Waals surface area contributed by atoms with E-state index >= 15 is 0 Å². The van der Waals surface area contributed by atoms with E-state index in [2.05, 4.69) is 5.32 Å². The van der Waals surface area contributed by atoms with Crippen molar-refractivity contribution in [2.45, 2.75) is 12.5 Å². The number of carbonyl (C=O) groups is 1. The molecular weight excluding hydrogens is 255 g/mol. The molecular formula is C12H17FN2O2S. The van der Waals surface area contributed by atoms with Crippen LogP contribution >= 0.6 is 11.8 Å². The van der Waals surface area contributed by atoms with Crippen molar-refractivity contribution in [3.05, 3.63) is 29.6 Å². The Labute approximate surface area is 110 Å². The van der Waals surface area contributed by atoms with Crippen LogP contribution in [0.2, 0.25) is 0 Å². The molecule has 0 fully saturated rings. The topological polar surface area (TPSA) is 75.3 Å². The van der Waals surface area contributed by atoms with Crippen LogP contribution in [0.15, 0.2) is 18.2 Å². The van der Waals surface area contributed by atoms with Gasteiger partial charge in [-0.25, -0.2) is 4.39 Å². The van der Waals surface area contributed by atoms with Gasteiger partial charge in [-0.05, 0) is 31.4 Å². The number of nitrogens with two attached hydrogens (primary N) is 1. The van der Waals surface area contributed by atoms with Gasteiger partial charge in [-0.2, -0.15) is 11.8 Å². The standard InChI is InChI=1S/C12H17FN2O2S/c1-12(17,7-18-2)6-15-11(16)9-5-8(14)3-4-10(9)13/h3-5,17H,6-7,14H2,1-2H3,(H,15,16). The van der Waals surface area contributed by atoms with Crippen LogP contribution in [-0.2, 0) is 0 Å². The second-order valence-electron chi connectivity index (χ2n) is 4.35. The molecule has 0 aliphatic heterocycles. The summed E-state index contributed by atoms with van der Waals surface area (Å²) in [6.45, 7) is 1.67. The van der Waals surface area contributed by atoms with E-state index in [9.17, 15) is 14.3 Å². The number of hydrogen-bond donors (Lipinski definition) is 3. The number of anilines is 1. The van der Waals surface area contributed by atoms with Gasteiger partial charge < -0.3 is 16.2 Å². The lowest BCUT2D eigenvalue weighted by atomic mass is 10.1. The lowest BCUT2D eigenvalue weighted by Crippen LogP contribution is -2.42. The SMILES string of the molecule is CSCC(C)(O)CNC(=O)c1cc(N)ccc1F. The molecule has 4 N–H and O–H groups in total. The Bertz CT molecular complexity index is 438. The van der Waals surface area contributed by atoms with E-state index in [0.717, 1.165) is 6.07 Å². The first kappa shape index (κ1) is 14.8. The normalized spacial score (nSPS) is 14.0. The second-order valence-corrected chi connectivity index (χ2v) is 5.22. The smallest absolute Gasteiger partial charge is 0.254 e. The Morgan fingerprint density at radius 3 is 2.89 bits per heavy atom. The fraction of sp³-hybridized carbons (Fsp3) is 0.417. The number of benzene rings is 1. The Morgan fingerprint density at radius 1 is 1.61 bits per heavy atom. The molecule has 0 aromatic heterocycles. The van der Waals surface area contributed by atoms with Crippen LogP contribution in [0.3, 0.4) is 0 Å². The highest BCUT2D eigenvalue weighted by atomic mass is 32.2. The monoisotopic (exact) mass is 272 g/mol. The van der Waals surface area contributed by atoms with Crippen molar-refractivity contribution in [3.63, 3.8) is 0 Å². The number of carbonyl (C=O) groups excluding carboxylic acids is 1. The molecule has 1 aromatic rings. The molecule has 100 valence electrons. The first-order valence-corrected chi connectivity index (χ1v) is 6.79. The molecule has 0 aliphatic carbocycles. The van der Waals surface area contributed by atoms with Crippen molar-refractivity contribution in [3.8, 4) is 0 Å². The summed E-state index contributed by atoms with van der Waals surface area (Å²) in [5, 5.41) is 12.4. The molecule has 0 saturated heterocycles. The van der Waals surface area contributed by atoms with E-state index in [0.29, 0.717) is 11.4 Å². The van der Waals surface area contributed by atoms with Gasteiger partial charge in [0.15, 0.2) is 0 Å². The van der Waals surface area contributed by atoms with Gasteiger partial charge in [0.25, 0.3) is 5.91 Å². The summed E-state index contributed by atoms with van der Waals surface area (Å²) in [7, 11) is 0. The Morgan fingerprint density at radius 2 is 2.28 bits per heavy atom. The molecule has 0 heterocycles. The van der Waals surface area contributed by atoms with E-state index in [1.807, 2.05) is 6.26 Å². The zero-order valence-electron chi connectivity index (χ0n) is 10.4. The lowest BCUT2D eigenvalue weighted by Gasteiger charge is -2.22. The molecule has 0 aliphatic rings. The van der Waals surface area contributed by atoms with Gasteiger partial charge in [0.05, 0.1) is 11.2 Å². The van der Waals surface area contributed by atoms with Gasteiger partial charge in [-0.3, -0.25) is 4.79 Å². The molecule has 1 amide bonds. The molecule has 4 nitrogen and oxygen atoms in total. The molecule has 1 atom stereocenters. The maximum atomic E-state index is 13.4. The number of nitrogen functional groups attached to an aromatic ring is 1. The van der Waals surface area contributed by atoms with Crippen molar-refractivity contribution >= 4 is 23.4 Å². The van der Waals surface area contributed by atoms with Gasteiger partial charge >= 0.3 is 0 Å². The first-order chi connectivity index (χ1) is 8.35. The minimum atomic E-state index is -1.02. The van der Waals surface area contributed by atoms with E-state index in [4.69, 9.17) is 5.73 Å². The fourth-order valence-corrected chi connectivity index (χ4v) is 2.17. The highest BCUT2D eigenvalue weighted by Crippen LogP contribution is 2.13. The number of aliphatic hydroxyl groups is 1. The minimum absolute atomic E-state index is 0.0565. The summed E-state index contributed by atoms with van der Waals surface area (Å²) in [4.78, 5) is 11.7. The summed E-state index contributed by atoms with van der Waals surface area (Å²) in [6.07, 6.45) is 1.86. The fourth-order valence-electron chi connectivity index (χ4n) is 1.44. The molecule has 18 heavy (non-hydrogen) atoms. The van der Waals surface area contributed by atoms with Crippen molar-refractivity contribution in [2.75, 3.05) is 24.3 Å². The second kappa shape index (κ2) is 6.06. The van der Waals surface area contributed by atoms with Crippen LogP contribution in [0.1, 0.15) is 17.3 Å². The maximum absolute atomic E-state index is 13.4. The number of thioether (sulfide) groups is 1. The van der Waals surface area contributed by atoms with Gasteiger partial charge in [-0.1, -0.05) is 0 Å². The third kappa shape index (κ3) is 4.19. The average Bonchev–Trinajstić information content (AvgIpc) is 2.29. The Kier molecular flexibility index (Phi) is 4.98.